The van der Waals surface area contributed by atoms with Gasteiger partial charge in [-0.1, -0.05) is 42.5 Å². The molecule has 3 rings (SSSR count). The number of carbonyl (C=O) groups is 2. The van der Waals surface area contributed by atoms with Crippen molar-refractivity contribution in [3.8, 4) is 0 Å². The van der Waals surface area contributed by atoms with E-state index in [1.165, 1.54) is 11.1 Å². The molecule has 6 nitrogen and oxygen atoms in total. The summed E-state index contributed by atoms with van der Waals surface area (Å²) in [5.74, 6) is -0.626. The lowest BCUT2D eigenvalue weighted by Crippen LogP contribution is -2.43. The molecule has 1 N–H and O–H groups in total. The van der Waals surface area contributed by atoms with Gasteiger partial charge in [0.15, 0.2) is 0 Å². The van der Waals surface area contributed by atoms with Crippen LogP contribution in [0.15, 0.2) is 59.7 Å². The van der Waals surface area contributed by atoms with Crippen LogP contribution < -0.4 is 10.3 Å². The molecule has 6 heteroatoms. The van der Waals surface area contributed by atoms with E-state index in [1.54, 1.807) is 11.9 Å². The van der Waals surface area contributed by atoms with Gasteiger partial charge in [0.25, 0.3) is 0 Å². The molecule has 1 amide bonds. The molecular formula is C22H25N3O3. The third-order valence-electron chi connectivity index (χ3n) is 4.70. The minimum Gasteiger partial charge on any atom is -0.461 e. The second-order valence-corrected chi connectivity index (χ2v) is 6.63. The van der Waals surface area contributed by atoms with Crippen LogP contribution in [-0.2, 0) is 20.7 Å². The van der Waals surface area contributed by atoms with Gasteiger partial charge in [-0.25, -0.2) is 4.79 Å². The molecule has 2 aromatic rings. The molecule has 0 radical (unpaired) electrons. The maximum Gasteiger partial charge on any atom is 0.354 e. The number of anilines is 1. The van der Waals surface area contributed by atoms with Gasteiger partial charge >= 0.3 is 5.97 Å². The van der Waals surface area contributed by atoms with Gasteiger partial charge in [-0.3, -0.25) is 9.80 Å². The van der Waals surface area contributed by atoms with E-state index in [4.69, 9.17) is 4.74 Å². The highest BCUT2D eigenvalue weighted by atomic mass is 16.5. The minimum atomic E-state index is -0.571. The Kier molecular flexibility index (Phi) is 6.42. The van der Waals surface area contributed by atoms with Gasteiger partial charge < -0.3 is 10.1 Å². The molecule has 1 aliphatic rings. The Bertz CT molecular complexity index is 864. The van der Waals surface area contributed by atoms with Crippen LogP contribution >= 0.6 is 0 Å². The fourth-order valence-electron chi connectivity index (χ4n) is 3.20. The second kappa shape index (κ2) is 9.17. The molecule has 2 aromatic carbocycles. The summed E-state index contributed by atoms with van der Waals surface area (Å²) in [5, 5.41) is 8.97. The zero-order valence-electron chi connectivity index (χ0n) is 16.2. The smallest absolute Gasteiger partial charge is 0.354 e. The molecule has 0 spiro atoms. The summed E-state index contributed by atoms with van der Waals surface area (Å²) < 4.78 is 5.06. The van der Waals surface area contributed by atoms with E-state index in [2.05, 4.69) is 29.5 Å². The van der Waals surface area contributed by atoms with E-state index in [9.17, 15) is 9.59 Å². The van der Waals surface area contributed by atoms with Crippen LogP contribution in [0, 0.1) is 6.92 Å². The van der Waals surface area contributed by atoms with Crippen molar-refractivity contribution >= 4 is 23.3 Å². The van der Waals surface area contributed by atoms with E-state index in [-0.39, 0.29) is 24.6 Å². The lowest BCUT2D eigenvalue weighted by Gasteiger charge is -2.22. The average molecular weight is 379 g/mol. The SMILES string of the molecule is CCOC(=O)C1=NN(c2ccccc2)C(C(=O)NCCc2ccccc2C)C1. The fraction of sp³-hybridized carbons (Fsp3) is 0.318. The van der Waals surface area contributed by atoms with Crippen molar-refractivity contribution in [2.45, 2.75) is 32.7 Å². The van der Waals surface area contributed by atoms with Crippen molar-refractivity contribution in [2.24, 2.45) is 5.10 Å². The first-order valence-corrected chi connectivity index (χ1v) is 9.51. The van der Waals surface area contributed by atoms with Crippen LogP contribution in [-0.4, -0.2) is 36.8 Å². The maximum absolute atomic E-state index is 12.9. The van der Waals surface area contributed by atoms with Crippen LogP contribution in [0.4, 0.5) is 5.69 Å². The molecule has 0 bridgehead atoms. The van der Waals surface area contributed by atoms with Crippen LogP contribution in [0.5, 0.6) is 0 Å². The molecule has 0 aliphatic carbocycles. The Balaban J connectivity index is 1.68. The number of carbonyl (C=O) groups excluding carboxylic acids is 2. The average Bonchev–Trinajstić information content (AvgIpc) is 3.16. The second-order valence-electron chi connectivity index (χ2n) is 6.63. The van der Waals surface area contributed by atoms with Gasteiger partial charge in [0.05, 0.1) is 12.3 Å². The predicted octanol–water partition coefficient (Wildman–Crippen LogP) is 2.85. The summed E-state index contributed by atoms with van der Waals surface area (Å²) in [6, 6.07) is 16.9. The number of aryl methyl sites for hydroxylation is 1. The van der Waals surface area contributed by atoms with Gasteiger partial charge in [-0.05, 0) is 43.5 Å². The van der Waals surface area contributed by atoms with Crippen molar-refractivity contribution in [1.29, 1.82) is 0 Å². The van der Waals surface area contributed by atoms with Crippen molar-refractivity contribution < 1.29 is 14.3 Å². The van der Waals surface area contributed by atoms with Crippen molar-refractivity contribution in [3.05, 3.63) is 65.7 Å². The topological polar surface area (TPSA) is 71.0 Å². The molecule has 28 heavy (non-hydrogen) atoms. The quantitative estimate of drug-likeness (QED) is 0.751. The van der Waals surface area contributed by atoms with E-state index in [1.807, 2.05) is 42.5 Å². The molecule has 1 unspecified atom stereocenters. The summed E-state index contributed by atoms with van der Waals surface area (Å²) >= 11 is 0. The number of para-hydroxylation sites is 1. The predicted molar refractivity (Wildman–Crippen MR) is 109 cm³/mol. The van der Waals surface area contributed by atoms with Crippen LogP contribution in [0.3, 0.4) is 0 Å². The summed E-state index contributed by atoms with van der Waals surface area (Å²) in [6.07, 6.45) is 0.978. The molecule has 1 aliphatic heterocycles. The third-order valence-corrected chi connectivity index (χ3v) is 4.70. The molecule has 0 fully saturated rings. The zero-order chi connectivity index (χ0) is 19.9. The number of nitrogens with zero attached hydrogens (tertiary/aromatic N) is 2. The highest BCUT2D eigenvalue weighted by molar-refractivity contribution is 6.38. The minimum absolute atomic E-state index is 0.152. The lowest BCUT2D eigenvalue weighted by molar-refractivity contribution is -0.135. The Morgan fingerprint density at radius 2 is 1.86 bits per heavy atom. The molecular weight excluding hydrogens is 354 g/mol. The number of esters is 1. The van der Waals surface area contributed by atoms with Crippen LogP contribution in [0.2, 0.25) is 0 Å². The van der Waals surface area contributed by atoms with Gasteiger partial charge in [-0.15, -0.1) is 0 Å². The number of hydrogen-bond donors (Lipinski definition) is 1. The zero-order valence-corrected chi connectivity index (χ0v) is 16.2. The molecule has 0 saturated carbocycles. The lowest BCUT2D eigenvalue weighted by atomic mass is 10.1. The maximum atomic E-state index is 12.9. The summed E-state index contributed by atoms with van der Waals surface area (Å²) in [6.45, 7) is 4.61. The van der Waals surface area contributed by atoms with E-state index in [0.29, 0.717) is 6.54 Å². The van der Waals surface area contributed by atoms with E-state index < -0.39 is 12.0 Å². The van der Waals surface area contributed by atoms with E-state index >= 15 is 0 Å². The third kappa shape index (κ3) is 4.57. The van der Waals surface area contributed by atoms with Gasteiger partial charge in [-0.2, -0.15) is 5.10 Å². The number of rotatable bonds is 7. The first kappa shape index (κ1) is 19.6. The Hall–Kier alpha value is -3.15. The van der Waals surface area contributed by atoms with Gasteiger partial charge in [0, 0.05) is 13.0 Å². The van der Waals surface area contributed by atoms with Crippen molar-refractivity contribution in [1.82, 2.24) is 5.32 Å². The number of ether oxygens (including phenoxy) is 1. The Labute approximate surface area is 165 Å². The molecule has 0 saturated heterocycles. The number of benzene rings is 2. The van der Waals surface area contributed by atoms with Crippen molar-refractivity contribution in [3.63, 3.8) is 0 Å². The number of nitrogens with one attached hydrogen (secondary N) is 1. The monoisotopic (exact) mass is 379 g/mol. The number of hydrazone groups is 1. The summed E-state index contributed by atoms with van der Waals surface area (Å²) in [5.41, 5.74) is 3.44. The first-order chi connectivity index (χ1) is 13.6. The number of hydrogen-bond acceptors (Lipinski definition) is 5. The Morgan fingerprint density at radius 3 is 2.57 bits per heavy atom. The largest absolute Gasteiger partial charge is 0.461 e. The summed E-state index contributed by atoms with van der Waals surface area (Å²) in [7, 11) is 0. The number of amides is 1. The fourth-order valence-corrected chi connectivity index (χ4v) is 3.20. The van der Waals surface area contributed by atoms with Gasteiger partial charge in [0.2, 0.25) is 5.91 Å². The normalized spacial score (nSPS) is 15.9. The highest BCUT2D eigenvalue weighted by Gasteiger charge is 2.36. The van der Waals surface area contributed by atoms with Crippen LogP contribution in [0.1, 0.15) is 24.5 Å². The molecule has 146 valence electrons. The van der Waals surface area contributed by atoms with Crippen molar-refractivity contribution in [2.75, 3.05) is 18.2 Å². The summed E-state index contributed by atoms with van der Waals surface area (Å²) in [4.78, 5) is 25.0. The highest BCUT2D eigenvalue weighted by Crippen LogP contribution is 2.25. The van der Waals surface area contributed by atoms with Crippen LogP contribution in [0.25, 0.3) is 0 Å². The molecule has 0 aromatic heterocycles. The standard InChI is InChI=1S/C22H25N3O3/c1-3-28-22(27)19-15-20(25(24-19)18-11-5-4-6-12-18)21(26)23-14-13-17-10-8-7-9-16(17)2/h4-12,20H,3,13-15H2,1-2H3,(H,23,26). The van der Waals surface area contributed by atoms with E-state index in [0.717, 1.165) is 12.1 Å². The van der Waals surface area contributed by atoms with Gasteiger partial charge in [0.1, 0.15) is 11.8 Å². The molecule has 1 heterocycles. The first-order valence-electron chi connectivity index (χ1n) is 9.51. The molecule has 1 atom stereocenters. The Morgan fingerprint density at radius 1 is 1.14 bits per heavy atom.